The van der Waals surface area contributed by atoms with Gasteiger partial charge in [-0.2, -0.15) is 0 Å². The molecule has 0 aliphatic rings. The summed E-state index contributed by atoms with van der Waals surface area (Å²) in [5.74, 6) is 5.00. The van der Waals surface area contributed by atoms with Gasteiger partial charge in [-0.25, -0.2) is 5.84 Å². The van der Waals surface area contributed by atoms with E-state index in [1.54, 1.807) is 0 Å². The first kappa shape index (κ1) is 14.7. The summed E-state index contributed by atoms with van der Waals surface area (Å²) >= 11 is 1.42. The van der Waals surface area contributed by atoms with E-state index >= 15 is 0 Å². The molecule has 0 saturated carbocycles. The second kappa shape index (κ2) is 7.19. The minimum Gasteiger partial charge on any atom is -0.295 e. The predicted octanol–water partition coefficient (Wildman–Crippen LogP) is 2.37. The number of carbonyl (C=O) groups excluding carboxylic acids is 1. The van der Waals surface area contributed by atoms with Gasteiger partial charge in [0.15, 0.2) is 0 Å². The van der Waals surface area contributed by atoms with E-state index in [-0.39, 0.29) is 5.91 Å². The van der Waals surface area contributed by atoms with Gasteiger partial charge in [0, 0.05) is 13.1 Å². The molecule has 1 aromatic carbocycles. The highest BCUT2D eigenvalue weighted by Gasteiger charge is 2.14. The van der Waals surface area contributed by atoms with Crippen molar-refractivity contribution in [2.45, 2.75) is 20.0 Å². The molecule has 3 N–H and O–H groups in total. The Morgan fingerprint density at radius 1 is 1.25 bits per heavy atom. The monoisotopic (exact) mass is 289 g/mol. The molecule has 1 aromatic heterocycles. The SMILES string of the molecule is CCN(Cc1ccccc1)Cc1ccsc1C(=O)NN. The van der Waals surface area contributed by atoms with Crippen LogP contribution in [0.2, 0.25) is 0 Å². The van der Waals surface area contributed by atoms with Crippen LogP contribution >= 0.6 is 11.3 Å². The van der Waals surface area contributed by atoms with Crippen molar-refractivity contribution in [3.05, 3.63) is 57.8 Å². The zero-order chi connectivity index (χ0) is 14.4. The van der Waals surface area contributed by atoms with Crippen LogP contribution in [0, 0.1) is 0 Å². The standard InChI is InChI=1S/C15H19N3OS/c1-2-18(10-12-6-4-3-5-7-12)11-13-8-9-20-14(13)15(19)17-16/h3-9H,2,10-11,16H2,1H3,(H,17,19). The number of rotatable bonds is 6. The minimum absolute atomic E-state index is 0.217. The quantitative estimate of drug-likeness (QED) is 0.487. The smallest absolute Gasteiger partial charge is 0.275 e. The number of nitrogens with zero attached hydrogens (tertiary/aromatic N) is 1. The molecule has 0 radical (unpaired) electrons. The highest BCUT2D eigenvalue weighted by Crippen LogP contribution is 2.19. The number of benzene rings is 1. The Balaban J connectivity index is 2.07. The van der Waals surface area contributed by atoms with Gasteiger partial charge in [0.2, 0.25) is 0 Å². The van der Waals surface area contributed by atoms with Crippen LogP contribution in [0.1, 0.15) is 27.7 Å². The van der Waals surface area contributed by atoms with E-state index in [0.717, 1.165) is 25.2 Å². The summed E-state index contributed by atoms with van der Waals surface area (Å²) in [6, 6.07) is 12.3. The largest absolute Gasteiger partial charge is 0.295 e. The molecule has 2 rings (SSSR count). The number of amides is 1. The summed E-state index contributed by atoms with van der Waals surface area (Å²) in [6.45, 7) is 4.67. The Hall–Kier alpha value is -1.69. The Kier molecular flexibility index (Phi) is 5.29. The Bertz CT molecular complexity index is 553. The van der Waals surface area contributed by atoms with Crippen molar-refractivity contribution in [1.82, 2.24) is 10.3 Å². The van der Waals surface area contributed by atoms with Crippen LogP contribution in [0.15, 0.2) is 41.8 Å². The van der Waals surface area contributed by atoms with Gasteiger partial charge < -0.3 is 0 Å². The number of thiophene rings is 1. The molecule has 0 aliphatic carbocycles. The highest BCUT2D eigenvalue weighted by atomic mass is 32.1. The molecule has 0 bridgehead atoms. The van der Waals surface area contributed by atoms with E-state index < -0.39 is 0 Å². The van der Waals surface area contributed by atoms with E-state index in [1.807, 2.05) is 29.6 Å². The van der Waals surface area contributed by atoms with E-state index in [9.17, 15) is 4.79 Å². The number of hydrogen-bond acceptors (Lipinski definition) is 4. The molecule has 2 aromatic rings. The zero-order valence-electron chi connectivity index (χ0n) is 11.5. The first-order valence-electron chi connectivity index (χ1n) is 6.58. The molecule has 5 heteroatoms. The Morgan fingerprint density at radius 2 is 2.00 bits per heavy atom. The minimum atomic E-state index is -0.217. The number of nitrogen functional groups attached to an aromatic ring is 1. The van der Waals surface area contributed by atoms with Crippen molar-refractivity contribution < 1.29 is 4.79 Å². The van der Waals surface area contributed by atoms with Gasteiger partial charge in [-0.3, -0.25) is 15.1 Å². The van der Waals surface area contributed by atoms with Gasteiger partial charge >= 0.3 is 0 Å². The van der Waals surface area contributed by atoms with E-state index in [1.165, 1.54) is 16.9 Å². The summed E-state index contributed by atoms with van der Waals surface area (Å²) in [5, 5.41) is 1.93. The fourth-order valence-electron chi connectivity index (χ4n) is 2.09. The molecule has 0 aliphatic heterocycles. The van der Waals surface area contributed by atoms with Gasteiger partial charge in [-0.1, -0.05) is 37.3 Å². The molecule has 0 spiro atoms. The molecular formula is C15H19N3OS. The maximum absolute atomic E-state index is 11.7. The summed E-state index contributed by atoms with van der Waals surface area (Å²) in [7, 11) is 0. The lowest BCUT2D eigenvalue weighted by Gasteiger charge is -2.20. The van der Waals surface area contributed by atoms with Crippen LogP contribution in [0.25, 0.3) is 0 Å². The van der Waals surface area contributed by atoms with Crippen molar-refractivity contribution in [2.75, 3.05) is 6.54 Å². The molecule has 4 nitrogen and oxygen atoms in total. The fourth-order valence-corrected chi connectivity index (χ4v) is 2.91. The zero-order valence-corrected chi connectivity index (χ0v) is 12.3. The van der Waals surface area contributed by atoms with Crippen LogP contribution < -0.4 is 11.3 Å². The summed E-state index contributed by atoms with van der Waals surface area (Å²) in [4.78, 5) is 14.7. The van der Waals surface area contributed by atoms with Crippen molar-refractivity contribution in [1.29, 1.82) is 0 Å². The lowest BCUT2D eigenvalue weighted by atomic mass is 10.2. The van der Waals surface area contributed by atoms with Crippen LogP contribution in [-0.2, 0) is 13.1 Å². The summed E-state index contributed by atoms with van der Waals surface area (Å²) < 4.78 is 0. The van der Waals surface area contributed by atoms with Crippen LogP contribution in [0.4, 0.5) is 0 Å². The number of nitrogens with two attached hydrogens (primary N) is 1. The van der Waals surface area contributed by atoms with Crippen LogP contribution in [0.5, 0.6) is 0 Å². The van der Waals surface area contributed by atoms with Gasteiger partial charge in [0.25, 0.3) is 5.91 Å². The molecule has 0 saturated heterocycles. The lowest BCUT2D eigenvalue weighted by molar-refractivity contribution is 0.0956. The Morgan fingerprint density at radius 3 is 2.65 bits per heavy atom. The fraction of sp³-hybridized carbons (Fsp3) is 0.267. The maximum Gasteiger partial charge on any atom is 0.275 e. The highest BCUT2D eigenvalue weighted by molar-refractivity contribution is 7.12. The van der Waals surface area contributed by atoms with Crippen molar-refractivity contribution in [3.63, 3.8) is 0 Å². The van der Waals surface area contributed by atoms with Crippen molar-refractivity contribution in [3.8, 4) is 0 Å². The average Bonchev–Trinajstić information content (AvgIpc) is 2.95. The predicted molar refractivity (Wildman–Crippen MR) is 82.2 cm³/mol. The molecule has 106 valence electrons. The third kappa shape index (κ3) is 3.66. The van der Waals surface area contributed by atoms with Crippen LogP contribution in [0.3, 0.4) is 0 Å². The van der Waals surface area contributed by atoms with E-state index in [4.69, 9.17) is 5.84 Å². The van der Waals surface area contributed by atoms with Gasteiger partial charge in [0.1, 0.15) is 0 Å². The molecule has 0 fully saturated rings. The van der Waals surface area contributed by atoms with Crippen molar-refractivity contribution >= 4 is 17.2 Å². The third-order valence-corrected chi connectivity index (χ3v) is 4.13. The molecule has 20 heavy (non-hydrogen) atoms. The van der Waals surface area contributed by atoms with Crippen molar-refractivity contribution in [2.24, 2.45) is 5.84 Å². The van der Waals surface area contributed by atoms with E-state index in [2.05, 4.69) is 29.4 Å². The first-order valence-corrected chi connectivity index (χ1v) is 7.46. The molecule has 1 amide bonds. The molecule has 0 unspecified atom stereocenters. The van der Waals surface area contributed by atoms with Gasteiger partial charge in [0.05, 0.1) is 4.88 Å². The maximum atomic E-state index is 11.7. The van der Waals surface area contributed by atoms with Gasteiger partial charge in [-0.15, -0.1) is 11.3 Å². The third-order valence-electron chi connectivity index (χ3n) is 3.17. The van der Waals surface area contributed by atoms with Gasteiger partial charge in [-0.05, 0) is 29.1 Å². The molecular weight excluding hydrogens is 270 g/mol. The van der Waals surface area contributed by atoms with E-state index in [0.29, 0.717) is 4.88 Å². The average molecular weight is 289 g/mol. The normalized spacial score (nSPS) is 10.8. The number of hydrogen-bond donors (Lipinski definition) is 2. The molecule has 1 heterocycles. The lowest BCUT2D eigenvalue weighted by Crippen LogP contribution is -2.31. The molecule has 0 atom stereocenters. The number of hydrazine groups is 1. The topological polar surface area (TPSA) is 58.4 Å². The first-order chi connectivity index (χ1) is 9.74. The summed E-state index contributed by atoms with van der Waals surface area (Å²) in [6.07, 6.45) is 0. The summed E-state index contributed by atoms with van der Waals surface area (Å²) in [5.41, 5.74) is 4.50. The number of nitrogens with one attached hydrogen (secondary N) is 1. The second-order valence-corrected chi connectivity index (χ2v) is 5.45. The second-order valence-electron chi connectivity index (χ2n) is 4.54. The number of carbonyl (C=O) groups is 1. The van der Waals surface area contributed by atoms with Crippen LogP contribution in [-0.4, -0.2) is 17.4 Å². The Labute approximate surface area is 123 Å².